The van der Waals surface area contributed by atoms with Gasteiger partial charge in [-0.1, -0.05) is 0 Å². The molecule has 1 aliphatic rings. The van der Waals surface area contributed by atoms with Gasteiger partial charge in [0.05, 0.1) is 0 Å². The Morgan fingerprint density at radius 1 is 1.44 bits per heavy atom. The van der Waals surface area contributed by atoms with Crippen LogP contribution in [-0.4, -0.2) is 23.2 Å². The number of aliphatic carboxylic acids is 1. The maximum atomic E-state index is 12.9. The molecule has 1 aromatic carbocycles. The van der Waals surface area contributed by atoms with Crippen molar-refractivity contribution in [2.45, 2.75) is 18.4 Å². The topological polar surface area (TPSA) is 72.5 Å². The molecular formula is C12H13F2NO3. The van der Waals surface area contributed by atoms with E-state index >= 15 is 0 Å². The van der Waals surface area contributed by atoms with E-state index in [9.17, 15) is 13.6 Å². The lowest BCUT2D eigenvalue weighted by molar-refractivity contribution is -0.145. The van der Waals surface area contributed by atoms with Crippen LogP contribution >= 0.6 is 0 Å². The highest BCUT2D eigenvalue weighted by atomic mass is 19.2. The molecule has 0 radical (unpaired) electrons. The highest BCUT2D eigenvalue weighted by Gasteiger charge is 2.49. The molecule has 1 atom stereocenters. The van der Waals surface area contributed by atoms with Crippen LogP contribution in [0.2, 0.25) is 0 Å². The van der Waals surface area contributed by atoms with Gasteiger partial charge in [-0.05, 0) is 30.9 Å². The van der Waals surface area contributed by atoms with Crippen LogP contribution in [0.1, 0.15) is 12.8 Å². The van der Waals surface area contributed by atoms with Crippen molar-refractivity contribution in [2.24, 2.45) is 11.7 Å². The van der Waals surface area contributed by atoms with Gasteiger partial charge in [0.1, 0.15) is 12.4 Å². The number of carboxylic acids is 1. The first kappa shape index (κ1) is 12.8. The Balaban J connectivity index is 2.05. The van der Waals surface area contributed by atoms with E-state index in [1.165, 1.54) is 6.07 Å². The molecule has 4 nitrogen and oxygen atoms in total. The molecule has 0 saturated heterocycles. The number of nitrogens with two attached hydrogens (primary N) is 1. The molecular weight excluding hydrogens is 244 g/mol. The fraction of sp³-hybridized carbons (Fsp3) is 0.417. The van der Waals surface area contributed by atoms with Crippen LogP contribution in [0.4, 0.5) is 8.78 Å². The molecule has 1 unspecified atom stereocenters. The van der Waals surface area contributed by atoms with E-state index in [1.807, 2.05) is 0 Å². The van der Waals surface area contributed by atoms with Crippen molar-refractivity contribution in [3.8, 4) is 5.75 Å². The zero-order valence-electron chi connectivity index (χ0n) is 9.53. The maximum Gasteiger partial charge on any atom is 0.327 e. The number of carboxylic acid groups (broad SMARTS) is 1. The SMILES string of the molecule is NC(COc1ccc(F)c(F)c1)(C(=O)O)C1CC1. The molecule has 1 aliphatic carbocycles. The van der Waals surface area contributed by atoms with Gasteiger partial charge < -0.3 is 15.6 Å². The molecule has 98 valence electrons. The average molecular weight is 257 g/mol. The molecule has 18 heavy (non-hydrogen) atoms. The molecule has 3 N–H and O–H groups in total. The van der Waals surface area contributed by atoms with Crippen LogP contribution in [0.3, 0.4) is 0 Å². The van der Waals surface area contributed by atoms with Crippen LogP contribution in [0, 0.1) is 17.6 Å². The Bertz CT molecular complexity index is 476. The Morgan fingerprint density at radius 2 is 2.11 bits per heavy atom. The van der Waals surface area contributed by atoms with Crippen LogP contribution in [-0.2, 0) is 4.79 Å². The van der Waals surface area contributed by atoms with Crippen LogP contribution in [0.5, 0.6) is 5.75 Å². The Morgan fingerprint density at radius 3 is 2.61 bits per heavy atom. The van der Waals surface area contributed by atoms with Gasteiger partial charge in [0.2, 0.25) is 0 Å². The third kappa shape index (κ3) is 2.43. The van der Waals surface area contributed by atoms with Gasteiger partial charge in [-0.15, -0.1) is 0 Å². The van der Waals surface area contributed by atoms with E-state index in [4.69, 9.17) is 15.6 Å². The molecule has 0 spiro atoms. The van der Waals surface area contributed by atoms with Crippen molar-refractivity contribution in [2.75, 3.05) is 6.61 Å². The minimum atomic E-state index is -1.47. The standard InChI is InChI=1S/C12H13F2NO3/c13-9-4-3-8(5-10(9)14)18-6-12(15,11(16)17)7-1-2-7/h3-5,7H,1-2,6,15H2,(H,16,17). The van der Waals surface area contributed by atoms with Crippen molar-refractivity contribution in [3.63, 3.8) is 0 Å². The van der Waals surface area contributed by atoms with Gasteiger partial charge >= 0.3 is 5.97 Å². The van der Waals surface area contributed by atoms with Gasteiger partial charge in [-0.25, -0.2) is 8.78 Å². The normalized spacial score (nSPS) is 18.2. The molecule has 1 saturated carbocycles. The molecule has 0 amide bonds. The third-order valence-corrected chi connectivity index (χ3v) is 3.07. The van der Waals surface area contributed by atoms with E-state index in [0.717, 1.165) is 25.0 Å². The highest BCUT2D eigenvalue weighted by molar-refractivity contribution is 5.79. The first-order valence-electron chi connectivity index (χ1n) is 5.53. The number of rotatable bonds is 5. The summed E-state index contributed by atoms with van der Waals surface area (Å²) in [5.41, 5.74) is 4.30. The van der Waals surface area contributed by atoms with Gasteiger partial charge in [0.25, 0.3) is 0 Å². The second-order valence-electron chi connectivity index (χ2n) is 4.48. The fourth-order valence-corrected chi connectivity index (χ4v) is 1.72. The lowest BCUT2D eigenvalue weighted by atomic mass is 9.96. The molecule has 0 aromatic heterocycles. The summed E-state index contributed by atoms with van der Waals surface area (Å²) in [6.45, 7) is -0.266. The fourth-order valence-electron chi connectivity index (χ4n) is 1.72. The van der Waals surface area contributed by atoms with E-state index in [-0.39, 0.29) is 18.3 Å². The summed E-state index contributed by atoms with van der Waals surface area (Å²) in [7, 11) is 0. The van der Waals surface area contributed by atoms with Crippen LogP contribution < -0.4 is 10.5 Å². The van der Waals surface area contributed by atoms with Gasteiger partial charge in [0.15, 0.2) is 17.2 Å². The largest absolute Gasteiger partial charge is 0.491 e. The third-order valence-electron chi connectivity index (χ3n) is 3.07. The van der Waals surface area contributed by atoms with Crippen molar-refractivity contribution >= 4 is 5.97 Å². The summed E-state index contributed by atoms with van der Waals surface area (Å²) in [5.74, 6) is -3.24. The van der Waals surface area contributed by atoms with Crippen LogP contribution in [0.15, 0.2) is 18.2 Å². The minimum absolute atomic E-state index is 0.0608. The Kier molecular flexibility index (Phi) is 3.21. The smallest absolute Gasteiger partial charge is 0.327 e. The predicted octanol–water partition coefficient (Wildman–Crippen LogP) is 1.54. The molecule has 1 aromatic rings. The summed E-state index contributed by atoms with van der Waals surface area (Å²) in [4.78, 5) is 11.1. The monoisotopic (exact) mass is 257 g/mol. The van der Waals surface area contributed by atoms with E-state index in [2.05, 4.69) is 0 Å². The summed E-state index contributed by atoms with van der Waals surface area (Å²) in [5, 5.41) is 9.08. The lowest BCUT2D eigenvalue weighted by Gasteiger charge is -2.24. The summed E-state index contributed by atoms with van der Waals surface area (Å²) >= 11 is 0. The predicted molar refractivity (Wildman–Crippen MR) is 59.1 cm³/mol. The number of benzene rings is 1. The van der Waals surface area contributed by atoms with Crippen molar-refractivity contribution in [1.82, 2.24) is 0 Å². The zero-order valence-corrected chi connectivity index (χ0v) is 9.53. The number of carbonyl (C=O) groups is 1. The van der Waals surface area contributed by atoms with Crippen LogP contribution in [0.25, 0.3) is 0 Å². The Labute approximate surface area is 102 Å². The summed E-state index contributed by atoms with van der Waals surface area (Å²) in [6, 6.07) is 3.01. The van der Waals surface area contributed by atoms with E-state index < -0.39 is 23.1 Å². The van der Waals surface area contributed by atoms with Gasteiger partial charge in [-0.2, -0.15) is 0 Å². The van der Waals surface area contributed by atoms with Crippen molar-refractivity contribution in [3.05, 3.63) is 29.8 Å². The molecule has 2 rings (SSSR count). The molecule has 6 heteroatoms. The number of ether oxygens (including phenoxy) is 1. The maximum absolute atomic E-state index is 12.9. The Hall–Kier alpha value is -1.69. The second-order valence-corrected chi connectivity index (χ2v) is 4.48. The van der Waals surface area contributed by atoms with Gasteiger partial charge in [0, 0.05) is 6.07 Å². The average Bonchev–Trinajstić information content (AvgIpc) is 3.14. The number of hydrogen-bond acceptors (Lipinski definition) is 3. The summed E-state index contributed by atoms with van der Waals surface area (Å²) < 4.78 is 30.8. The first-order chi connectivity index (χ1) is 8.43. The number of halogens is 2. The zero-order chi connectivity index (χ0) is 13.3. The number of hydrogen-bond donors (Lipinski definition) is 2. The molecule has 0 heterocycles. The molecule has 1 fully saturated rings. The quantitative estimate of drug-likeness (QED) is 0.839. The second kappa shape index (κ2) is 4.53. The van der Waals surface area contributed by atoms with Gasteiger partial charge in [-0.3, -0.25) is 4.79 Å². The van der Waals surface area contributed by atoms with Crippen molar-refractivity contribution in [1.29, 1.82) is 0 Å². The molecule has 0 bridgehead atoms. The van der Waals surface area contributed by atoms with E-state index in [0.29, 0.717) is 0 Å². The first-order valence-corrected chi connectivity index (χ1v) is 5.53. The lowest BCUT2D eigenvalue weighted by Crippen LogP contribution is -2.54. The summed E-state index contributed by atoms with van der Waals surface area (Å²) in [6.07, 6.45) is 1.48. The molecule has 0 aliphatic heterocycles. The highest BCUT2D eigenvalue weighted by Crippen LogP contribution is 2.38. The van der Waals surface area contributed by atoms with Crippen molar-refractivity contribution < 1.29 is 23.4 Å². The minimum Gasteiger partial charge on any atom is -0.491 e. The van der Waals surface area contributed by atoms with E-state index in [1.54, 1.807) is 0 Å².